The Morgan fingerprint density at radius 3 is 1.43 bits per heavy atom. The highest BCUT2D eigenvalue weighted by atomic mass is 31.1. The van der Waals surface area contributed by atoms with Crippen LogP contribution >= 0.6 is 7.80 Å². The van der Waals surface area contributed by atoms with E-state index in [0.717, 1.165) is 23.5 Å². The van der Waals surface area contributed by atoms with E-state index >= 15 is 0 Å². The minimum atomic E-state index is -1.20. The van der Waals surface area contributed by atoms with Crippen molar-refractivity contribution in [2.75, 3.05) is 52.0 Å². The minimum Gasteiger partial charge on any atom is -0.379 e. The average molecular weight is 429 g/mol. The zero-order valence-electron chi connectivity index (χ0n) is 18.3. The van der Waals surface area contributed by atoms with Crippen molar-refractivity contribution in [2.45, 2.75) is 26.1 Å². The van der Waals surface area contributed by atoms with Gasteiger partial charge in [-0.15, -0.1) is 0 Å². The fourth-order valence-electron chi connectivity index (χ4n) is 3.23. The third kappa shape index (κ3) is 9.72. The monoisotopic (exact) mass is 429 g/mol. The van der Waals surface area contributed by atoms with Crippen molar-refractivity contribution in [3.05, 3.63) is 71.8 Å². The van der Waals surface area contributed by atoms with Crippen LogP contribution in [0.4, 0.5) is 0 Å². The molecule has 0 unspecified atom stereocenters. The number of ether oxygens (including phenoxy) is 4. The third-order valence-electron chi connectivity index (χ3n) is 4.74. The lowest BCUT2D eigenvalue weighted by Crippen LogP contribution is -2.17. The SMILES string of the molecule is [B][PH+](C[C@H](OCCOCC)c1ccccc1)C[C@H](OCCOCC)c1ccccc1. The van der Waals surface area contributed by atoms with Crippen LogP contribution in [0.15, 0.2) is 60.7 Å². The molecular weight excluding hydrogens is 394 g/mol. The summed E-state index contributed by atoms with van der Waals surface area (Å²) in [5, 5.41) is 0. The van der Waals surface area contributed by atoms with Crippen molar-refractivity contribution in [1.82, 2.24) is 0 Å². The first kappa shape index (κ1) is 25.0. The molecule has 30 heavy (non-hydrogen) atoms. The molecule has 4 nitrogen and oxygen atoms in total. The Kier molecular flexibility index (Phi) is 13.0. The lowest BCUT2D eigenvalue weighted by atomic mass is 10.1. The van der Waals surface area contributed by atoms with Gasteiger partial charge in [-0.05, 0) is 32.8 Å². The summed E-state index contributed by atoms with van der Waals surface area (Å²) >= 11 is 0. The zero-order valence-corrected chi connectivity index (χ0v) is 19.3. The maximum absolute atomic E-state index is 6.69. The molecule has 0 spiro atoms. The van der Waals surface area contributed by atoms with E-state index in [1.165, 1.54) is 0 Å². The molecule has 0 heterocycles. The van der Waals surface area contributed by atoms with Crippen LogP contribution in [-0.4, -0.2) is 59.5 Å². The molecule has 0 amide bonds. The second-order valence-electron chi connectivity index (χ2n) is 7.00. The van der Waals surface area contributed by atoms with Gasteiger partial charge in [0.05, 0.1) is 38.8 Å². The molecule has 6 heteroatoms. The highest BCUT2D eigenvalue weighted by molar-refractivity contribution is 7.82. The minimum absolute atomic E-state index is 0.0228. The van der Waals surface area contributed by atoms with E-state index in [1.54, 1.807) is 0 Å². The fraction of sp³-hybridized carbons (Fsp3) is 0.500. The molecule has 2 aromatic carbocycles. The van der Waals surface area contributed by atoms with Gasteiger partial charge in [0.2, 0.25) is 0 Å². The molecule has 0 aliphatic carbocycles. The second-order valence-corrected chi connectivity index (χ2v) is 9.13. The molecular formula is C24H35BO4P+. The lowest BCUT2D eigenvalue weighted by Gasteiger charge is -2.22. The van der Waals surface area contributed by atoms with Crippen LogP contribution in [0.25, 0.3) is 0 Å². The highest BCUT2D eigenvalue weighted by Crippen LogP contribution is 2.41. The van der Waals surface area contributed by atoms with E-state index in [0.29, 0.717) is 39.6 Å². The summed E-state index contributed by atoms with van der Waals surface area (Å²) in [7, 11) is 5.49. The fourth-order valence-corrected chi connectivity index (χ4v) is 5.05. The summed E-state index contributed by atoms with van der Waals surface area (Å²) in [6.45, 7) is 7.70. The lowest BCUT2D eigenvalue weighted by molar-refractivity contribution is 0.0137. The van der Waals surface area contributed by atoms with Crippen LogP contribution in [0.2, 0.25) is 0 Å². The van der Waals surface area contributed by atoms with Gasteiger partial charge in [-0.3, -0.25) is 0 Å². The van der Waals surface area contributed by atoms with Gasteiger partial charge in [-0.25, -0.2) is 0 Å². The first-order valence-electron chi connectivity index (χ1n) is 10.8. The molecule has 0 aromatic heterocycles. The predicted octanol–water partition coefficient (Wildman–Crippen LogP) is 4.87. The predicted molar refractivity (Wildman–Crippen MR) is 127 cm³/mol. The van der Waals surface area contributed by atoms with E-state index in [-0.39, 0.29) is 12.2 Å². The van der Waals surface area contributed by atoms with Crippen molar-refractivity contribution in [3.63, 3.8) is 0 Å². The molecule has 0 saturated carbocycles. The van der Waals surface area contributed by atoms with Crippen molar-refractivity contribution >= 4 is 15.4 Å². The highest BCUT2D eigenvalue weighted by Gasteiger charge is 2.25. The summed E-state index contributed by atoms with van der Waals surface area (Å²) in [5.74, 6) is 0. The maximum atomic E-state index is 6.69. The summed E-state index contributed by atoms with van der Waals surface area (Å²) in [6, 6.07) is 20.6. The van der Waals surface area contributed by atoms with Crippen molar-refractivity contribution in [1.29, 1.82) is 0 Å². The van der Waals surface area contributed by atoms with Gasteiger partial charge >= 0.3 is 7.57 Å². The van der Waals surface area contributed by atoms with Crippen LogP contribution in [-0.2, 0) is 18.9 Å². The molecule has 0 bridgehead atoms. The first-order valence-corrected chi connectivity index (χ1v) is 12.8. The van der Waals surface area contributed by atoms with E-state index in [4.69, 9.17) is 26.5 Å². The van der Waals surface area contributed by atoms with Gasteiger partial charge in [0.25, 0.3) is 0 Å². The smallest absolute Gasteiger partial charge is 0.362 e. The standard InChI is InChI=1S/C24H35BO4P/c1-3-26-15-17-28-23(21-11-7-5-8-12-21)19-30(25)20-24(29-18-16-27-4-2)22-13-9-6-10-14-22/h5-14,23-24,30H,3-4,15-20H2,1-2H3/q+1/t23-,24-/m0/s1. The first-order chi connectivity index (χ1) is 14.7. The normalized spacial score (nSPS) is 13.4. The summed E-state index contributed by atoms with van der Waals surface area (Å²) < 4.78 is 23.2. The second kappa shape index (κ2) is 15.6. The molecule has 0 aliphatic rings. The molecule has 162 valence electrons. The summed E-state index contributed by atoms with van der Waals surface area (Å²) in [6.07, 6.45) is 1.59. The zero-order chi connectivity index (χ0) is 21.4. The Labute approximate surface area is 184 Å². The summed E-state index contributed by atoms with van der Waals surface area (Å²) in [5.41, 5.74) is 2.32. The number of hydrogen-bond donors (Lipinski definition) is 0. The van der Waals surface area contributed by atoms with Crippen LogP contribution in [0.3, 0.4) is 0 Å². The van der Waals surface area contributed by atoms with Gasteiger partial charge in [0, 0.05) is 13.2 Å². The average Bonchev–Trinajstić information content (AvgIpc) is 2.79. The molecule has 2 atom stereocenters. The van der Waals surface area contributed by atoms with Crippen LogP contribution in [0, 0.1) is 0 Å². The number of benzene rings is 2. The Morgan fingerprint density at radius 2 is 1.07 bits per heavy atom. The van der Waals surface area contributed by atoms with Gasteiger partial charge in [-0.2, -0.15) is 0 Å². The van der Waals surface area contributed by atoms with Gasteiger partial charge in [0.1, 0.15) is 12.2 Å². The van der Waals surface area contributed by atoms with Crippen LogP contribution in [0.1, 0.15) is 37.2 Å². The number of rotatable bonds is 16. The largest absolute Gasteiger partial charge is 0.379 e. The van der Waals surface area contributed by atoms with Gasteiger partial charge in [0.15, 0.2) is 0 Å². The van der Waals surface area contributed by atoms with Gasteiger partial charge < -0.3 is 18.9 Å². The molecule has 2 aromatic rings. The quantitative estimate of drug-likeness (QED) is 0.217. The molecule has 0 fully saturated rings. The van der Waals surface area contributed by atoms with E-state index in [2.05, 4.69) is 24.3 Å². The summed E-state index contributed by atoms with van der Waals surface area (Å²) in [4.78, 5) is 0. The van der Waals surface area contributed by atoms with Crippen molar-refractivity contribution in [3.8, 4) is 0 Å². The molecule has 0 aliphatic heterocycles. The van der Waals surface area contributed by atoms with Crippen LogP contribution < -0.4 is 0 Å². The topological polar surface area (TPSA) is 36.9 Å². The van der Waals surface area contributed by atoms with Crippen molar-refractivity contribution in [2.24, 2.45) is 0 Å². The van der Waals surface area contributed by atoms with Crippen LogP contribution in [0.5, 0.6) is 0 Å². The third-order valence-corrected chi connectivity index (χ3v) is 6.53. The Morgan fingerprint density at radius 1 is 0.667 bits per heavy atom. The molecule has 2 radical (unpaired) electrons. The van der Waals surface area contributed by atoms with E-state index < -0.39 is 7.80 Å². The van der Waals surface area contributed by atoms with Gasteiger partial charge in [-0.1, -0.05) is 60.7 Å². The molecule has 0 saturated heterocycles. The maximum Gasteiger partial charge on any atom is 0.362 e. The Balaban J connectivity index is 1.99. The molecule has 2 rings (SSSR count). The Bertz CT molecular complexity index is 601. The number of hydrogen-bond acceptors (Lipinski definition) is 4. The van der Waals surface area contributed by atoms with E-state index in [9.17, 15) is 0 Å². The Hall–Kier alpha value is -1.23. The van der Waals surface area contributed by atoms with Crippen molar-refractivity contribution < 1.29 is 18.9 Å². The van der Waals surface area contributed by atoms with E-state index in [1.807, 2.05) is 50.2 Å². The molecule has 0 N–H and O–H groups in total.